The summed E-state index contributed by atoms with van der Waals surface area (Å²) in [5.41, 5.74) is 0. The van der Waals surface area contributed by atoms with Crippen molar-refractivity contribution in [1.82, 2.24) is 0 Å². The van der Waals surface area contributed by atoms with Crippen LogP contribution >= 0.6 is 15.6 Å². The van der Waals surface area contributed by atoms with Crippen LogP contribution in [0.3, 0.4) is 0 Å². The largest absolute Gasteiger partial charge is 0.472 e. The molecule has 0 spiro atoms. The van der Waals surface area contributed by atoms with Crippen LogP contribution in [-0.4, -0.2) is 96.7 Å². The van der Waals surface area contributed by atoms with Gasteiger partial charge < -0.3 is 33.8 Å². The highest BCUT2D eigenvalue weighted by Crippen LogP contribution is 2.45. The van der Waals surface area contributed by atoms with Gasteiger partial charge in [-0.05, 0) is 31.6 Å². The molecule has 0 heterocycles. The Hall–Kier alpha value is -1.94. The highest BCUT2D eigenvalue weighted by Gasteiger charge is 2.30. The highest BCUT2D eigenvalue weighted by molar-refractivity contribution is 7.47. The molecule has 0 bridgehead atoms. The Morgan fingerprint density at radius 3 is 0.829 bits per heavy atom. The molecule has 2 unspecified atom stereocenters. The molecule has 0 aliphatic carbocycles. The molecular weight excluding hydrogens is 1090 g/mol. The van der Waals surface area contributed by atoms with Crippen LogP contribution in [-0.2, 0) is 65.4 Å². The lowest BCUT2D eigenvalue weighted by Crippen LogP contribution is -2.30. The third-order valence-corrected chi connectivity index (χ3v) is 16.4. The summed E-state index contributed by atoms with van der Waals surface area (Å²) in [6, 6.07) is 0. The van der Waals surface area contributed by atoms with Crippen molar-refractivity contribution in [3.05, 3.63) is 0 Å². The van der Waals surface area contributed by atoms with Crippen LogP contribution in [0.4, 0.5) is 0 Å². The predicted octanol–water partition coefficient (Wildman–Crippen LogP) is 17.4. The summed E-state index contributed by atoms with van der Waals surface area (Å²) in [5.74, 6) is -1.48. The maximum atomic E-state index is 13.0. The van der Waals surface area contributed by atoms with Crippen LogP contribution in [0.1, 0.15) is 317 Å². The summed E-state index contributed by atoms with van der Waals surface area (Å²) in [5, 5.41) is 10.5. The van der Waals surface area contributed by atoms with E-state index in [1.807, 2.05) is 0 Å². The van der Waals surface area contributed by atoms with Crippen molar-refractivity contribution in [3.63, 3.8) is 0 Å². The number of carbonyl (C=O) groups excluding carboxylic acids is 4. The summed E-state index contributed by atoms with van der Waals surface area (Å²) in [7, 11) is -9.87. The molecule has 0 aliphatic heterocycles. The first kappa shape index (κ1) is 80.1. The first-order chi connectivity index (χ1) is 39.5. The van der Waals surface area contributed by atoms with E-state index in [9.17, 15) is 43.2 Å². The summed E-state index contributed by atoms with van der Waals surface area (Å²) in [6.07, 6.45) is 40.8. The standard InChI is InChI=1S/C63H122O17P2/c1-6-9-12-15-17-19-21-23-24-25-26-28-30-32-38-43-48-62(67)79-59(53-74-61(66)47-42-37-31-29-27-22-20-18-16-13-10-7-2)55-78-82(71,72)76-51-57(64)50-75-81(69,70)77-54-58(52-73-60(65)46-41-35-14-11-8-3)80-63(68)49-44-39-34-33-36-40-45-56(4)5/h56-59,64H,6-55H2,1-5H3,(H,69,70)(H,71,72)/t57-,58+,59+/m0/s1. The van der Waals surface area contributed by atoms with Crippen molar-refractivity contribution in [3.8, 4) is 0 Å². The van der Waals surface area contributed by atoms with E-state index in [1.54, 1.807) is 0 Å². The van der Waals surface area contributed by atoms with Crippen LogP contribution in [0.25, 0.3) is 0 Å². The minimum Gasteiger partial charge on any atom is -0.462 e. The second-order valence-electron chi connectivity index (χ2n) is 23.3. The third kappa shape index (κ3) is 57.2. The molecule has 0 rings (SSSR count). The fourth-order valence-corrected chi connectivity index (χ4v) is 11.0. The van der Waals surface area contributed by atoms with Gasteiger partial charge in [0.1, 0.15) is 19.3 Å². The average Bonchev–Trinajstić information content (AvgIpc) is 3.44. The number of aliphatic hydroxyl groups excluding tert-OH is 1. The van der Waals surface area contributed by atoms with Crippen molar-refractivity contribution in [1.29, 1.82) is 0 Å². The maximum absolute atomic E-state index is 13.0. The molecule has 82 heavy (non-hydrogen) atoms. The molecule has 0 aliphatic rings. The Morgan fingerprint density at radius 1 is 0.329 bits per heavy atom. The van der Waals surface area contributed by atoms with Gasteiger partial charge in [-0.3, -0.25) is 37.3 Å². The molecule has 0 fully saturated rings. The van der Waals surface area contributed by atoms with Crippen LogP contribution in [0, 0.1) is 5.92 Å². The van der Waals surface area contributed by atoms with E-state index in [0.717, 1.165) is 96.3 Å². The van der Waals surface area contributed by atoms with Crippen molar-refractivity contribution < 1.29 is 80.2 Å². The smallest absolute Gasteiger partial charge is 0.462 e. The number of carbonyl (C=O) groups is 4. The number of unbranched alkanes of at least 4 members (excludes halogenated alkanes) is 35. The fraction of sp³-hybridized carbons (Fsp3) is 0.937. The van der Waals surface area contributed by atoms with Gasteiger partial charge in [-0.1, -0.05) is 266 Å². The number of hydrogen-bond donors (Lipinski definition) is 3. The Balaban J connectivity index is 5.16. The average molecular weight is 1210 g/mol. The predicted molar refractivity (Wildman–Crippen MR) is 326 cm³/mol. The molecule has 0 aromatic rings. The van der Waals surface area contributed by atoms with E-state index in [-0.39, 0.29) is 25.7 Å². The van der Waals surface area contributed by atoms with E-state index in [2.05, 4.69) is 34.6 Å². The summed E-state index contributed by atoms with van der Waals surface area (Å²) in [6.45, 7) is 7.01. The Labute approximate surface area is 498 Å². The first-order valence-electron chi connectivity index (χ1n) is 33.1. The number of esters is 4. The van der Waals surface area contributed by atoms with E-state index in [1.165, 1.54) is 135 Å². The zero-order valence-corrected chi connectivity index (χ0v) is 54.4. The monoisotopic (exact) mass is 1210 g/mol. The summed E-state index contributed by atoms with van der Waals surface area (Å²) < 4.78 is 67.7. The van der Waals surface area contributed by atoms with E-state index >= 15 is 0 Å². The van der Waals surface area contributed by atoms with Crippen molar-refractivity contribution in [2.75, 3.05) is 39.6 Å². The molecule has 0 aromatic carbocycles. The van der Waals surface area contributed by atoms with Gasteiger partial charge in [0.05, 0.1) is 26.4 Å². The molecule has 0 saturated heterocycles. The van der Waals surface area contributed by atoms with Crippen LogP contribution in [0.5, 0.6) is 0 Å². The molecular formula is C63H122O17P2. The Kier molecular flexibility index (Phi) is 55.5. The topological polar surface area (TPSA) is 237 Å². The summed E-state index contributed by atoms with van der Waals surface area (Å²) >= 11 is 0. The van der Waals surface area contributed by atoms with E-state index in [4.69, 9.17) is 37.0 Å². The fourth-order valence-electron chi connectivity index (χ4n) is 9.41. The normalized spacial score (nSPS) is 14.3. The molecule has 3 N–H and O–H groups in total. The van der Waals surface area contributed by atoms with E-state index in [0.29, 0.717) is 31.6 Å². The molecule has 0 saturated carbocycles. The van der Waals surface area contributed by atoms with Gasteiger partial charge in [-0.15, -0.1) is 0 Å². The van der Waals surface area contributed by atoms with Gasteiger partial charge in [0.2, 0.25) is 0 Å². The van der Waals surface area contributed by atoms with Crippen molar-refractivity contribution in [2.24, 2.45) is 5.92 Å². The number of aliphatic hydroxyl groups is 1. The lowest BCUT2D eigenvalue weighted by molar-refractivity contribution is -0.161. The number of ether oxygens (including phenoxy) is 4. The van der Waals surface area contributed by atoms with Gasteiger partial charge in [0, 0.05) is 25.7 Å². The van der Waals surface area contributed by atoms with Crippen molar-refractivity contribution in [2.45, 2.75) is 335 Å². The van der Waals surface area contributed by atoms with Crippen LogP contribution < -0.4 is 0 Å². The summed E-state index contributed by atoms with van der Waals surface area (Å²) in [4.78, 5) is 71.9. The Morgan fingerprint density at radius 2 is 0.561 bits per heavy atom. The number of phosphoric acid groups is 2. The molecule has 19 heteroatoms. The SMILES string of the molecule is CCCCCCCCCCCCCCCCCCC(=O)O[C@H](COC(=O)CCCCCCCCCCCCCC)COP(=O)(O)OC[C@@H](O)COP(=O)(O)OC[C@@H](COC(=O)CCCCCCC)OC(=O)CCCCCCCCC(C)C. The quantitative estimate of drug-likeness (QED) is 0.0222. The zero-order chi connectivity index (χ0) is 60.6. The molecule has 486 valence electrons. The molecule has 0 aromatic heterocycles. The molecule has 0 radical (unpaired) electrons. The third-order valence-electron chi connectivity index (χ3n) is 14.5. The minimum absolute atomic E-state index is 0.101. The second kappa shape index (κ2) is 56.8. The van der Waals surface area contributed by atoms with E-state index < -0.39 is 97.5 Å². The maximum Gasteiger partial charge on any atom is 0.472 e. The minimum atomic E-state index is -4.94. The van der Waals surface area contributed by atoms with Crippen LogP contribution in [0.2, 0.25) is 0 Å². The van der Waals surface area contributed by atoms with Gasteiger partial charge >= 0.3 is 39.5 Å². The number of hydrogen-bond acceptors (Lipinski definition) is 15. The second-order valence-corrected chi connectivity index (χ2v) is 26.2. The zero-order valence-electron chi connectivity index (χ0n) is 52.6. The number of rotatable bonds is 63. The highest BCUT2D eigenvalue weighted by atomic mass is 31.2. The Bertz CT molecular complexity index is 1600. The lowest BCUT2D eigenvalue weighted by atomic mass is 10.0. The molecule has 17 nitrogen and oxygen atoms in total. The number of phosphoric ester groups is 2. The van der Waals surface area contributed by atoms with Gasteiger partial charge in [-0.2, -0.15) is 0 Å². The first-order valence-corrected chi connectivity index (χ1v) is 36.1. The molecule has 5 atom stereocenters. The lowest BCUT2D eigenvalue weighted by Gasteiger charge is -2.21. The van der Waals surface area contributed by atoms with Crippen LogP contribution in [0.15, 0.2) is 0 Å². The van der Waals surface area contributed by atoms with Gasteiger partial charge in [0.25, 0.3) is 0 Å². The van der Waals surface area contributed by atoms with Crippen molar-refractivity contribution >= 4 is 39.5 Å². The van der Waals surface area contributed by atoms with Gasteiger partial charge in [0.15, 0.2) is 12.2 Å². The molecule has 0 amide bonds. The van der Waals surface area contributed by atoms with Gasteiger partial charge in [-0.25, -0.2) is 9.13 Å².